The van der Waals surface area contributed by atoms with E-state index in [4.69, 9.17) is 10.2 Å². The van der Waals surface area contributed by atoms with Crippen LogP contribution in [-0.2, 0) is 11.8 Å². The normalized spacial score (nSPS) is 33.5. The Labute approximate surface area is 147 Å². The van der Waals surface area contributed by atoms with Crippen LogP contribution in [-0.4, -0.2) is 4.98 Å². The number of hydrogen-bond donors (Lipinski definition) is 0. The van der Waals surface area contributed by atoms with Crippen LogP contribution < -0.4 is 0 Å². The molecule has 0 N–H and O–H groups in total. The maximum Gasteiger partial charge on any atom is 0.0993 e. The van der Waals surface area contributed by atoms with Crippen molar-refractivity contribution in [2.75, 3.05) is 0 Å². The Kier molecular flexibility index (Phi) is 3.31. The van der Waals surface area contributed by atoms with Gasteiger partial charge in [0.15, 0.2) is 0 Å². The van der Waals surface area contributed by atoms with Gasteiger partial charge in [0.25, 0.3) is 0 Å². The van der Waals surface area contributed by atoms with Crippen molar-refractivity contribution in [2.24, 2.45) is 17.8 Å². The first-order valence-electron chi connectivity index (χ1n) is 9.17. The average molecular weight is 334 g/mol. The van der Waals surface area contributed by atoms with Crippen molar-refractivity contribution in [2.45, 2.75) is 50.4 Å². The molecule has 6 rings (SSSR count). The Morgan fingerprint density at radius 3 is 2.25 bits per heavy atom. The Bertz CT molecular complexity index is 761. The summed E-state index contributed by atoms with van der Waals surface area (Å²) >= 11 is 1.92. The smallest absolute Gasteiger partial charge is 0.0993 e. The Morgan fingerprint density at radius 2 is 1.67 bits per heavy atom. The van der Waals surface area contributed by atoms with Gasteiger partial charge in [0.05, 0.1) is 22.4 Å². The van der Waals surface area contributed by atoms with Crippen molar-refractivity contribution in [1.82, 2.24) is 4.98 Å². The summed E-state index contributed by atoms with van der Waals surface area (Å²) in [5, 5.41) is 10.2. The fourth-order valence-corrected chi connectivity index (χ4v) is 7.04. The summed E-state index contributed by atoms with van der Waals surface area (Å²) in [6, 6.07) is 10.6. The van der Waals surface area contributed by atoms with Gasteiger partial charge in [0, 0.05) is 11.6 Å². The topological polar surface area (TPSA) is 36.7 Å². The van der Waals surface area contributed by atoms with E-state index >= 15 is 0 Å². The fraction of sp³-hybridized carbons (Fsp3) is 0.524. The summed E-state index contributed by atoms with van der Waals surface area (Å²) in [6.07, 6.45) is 11.2. The van der Waals surface area contributed by atoms with E-state index in [2.05, 4.69) is 36.5 Å². The monoisotopic (exact) mass is 334 g/mol. The van der Waals surface area contributed by atoms with E-state index < -0.39 is 0 Å². The summed E-state index contributed by atoms with van der Waals surface area (Å²) in [7, 11) is 0. The molecule has 0 radical (unpaired) electrons. The van der Waals surface area contributed by atoms with Crippen LogP contribution >= 0.6 is 11.3 Å². The van der Waals surface area contributed by atoms with Crippen molar-refractivity contribution >= 4 is 11.3 Å². The zero-order valence-electron chi connectivity index (χ0n) is 13.9. The highest BCUT2D eigenvalue weighted by atomic mass is 32.1. The van der Waals surface area contributed by atoms with Crippen molar-refractivity contribution < 1.29 is 0 Å². The van der Waals surface area contributed by atoms with Gasteiger partial charge >= 0.3 is 0 Å². The van der Waals surface area contributed by atoms with Crippen LogP contribution in [0.15, 0.2) is 30.5 Å². The zero-order chi connectivity index (χ0) is 16.1. The summed E-state index contributed by atoms with van der Waals surface area (Å²) < 4.78 is 0. The molecule has 4 saturated carbocycles. The largest absolute Gasteiger partial charge is 0.248 e. The van der Waals surface area contributed by atoms with Crippen LogP contribution in [0.25, 0.3) is 10.4 Å². The molecule has 4 aliphatic carbocycles. The molecule has 4 aliphatic rings. The van der Waals surface area contributed by atoms with Crippen molar-refractivity contribution in [1.29, 1.82) is 5.26 Å². The van der Waals surface area contributed by atoms with Crippen LogP contribution in [0, 0.1) is 29.1 Å². The van der Waals surface area contributed by atoms with Gasteiger partial charge < -0.3 is 0 Å². The third-order valence-corrected chi connectivity index (χ3v) is 7.81. The standard InChI is InChI=1S/C21H22N2S/c22-6-5-14-1-3-18(4-2-14)19-13-23-20(24-19)21-10-15-7-16(11-21)9-17(8-15)12-21/h1-4,13,15-17H,5,7-12H2. The molecule has 2 nitrogen and oxygen atoms in total. The maximum atomic E-state index is 8.80. The molecule has 0 unspecified atom stereocenters. The van der Waals surface area contributed by atoms with Crippen LogP contribution in [0.1, 0.15) is 49.1 Å². The van der Waals surface area contributed by atoms with E-state index in [1.54, 1.807) is 0 Å². The first-order valence-corrected chi connectivity index (χ1v) is 9.98. The van der Waals surface area contributed by atoms with Crippen molar-refractivity contribution in [3.63, 3.8) is 0 Å². The minimum absolute atomic E-state index is 0.401. The quantitative estimate of drug-likeness (QED) is 0.759. The average Bonchev–Trinajstić information content (AvgIpc) is 3.05. The number of aromatic nitrogens is 1. The first kappa shape index (κ1) is 14.7. The molecular formula is C21H22N2S. The molecule has 24 heavy (non-hydrogen) atoms. The summed E-state index contributed by atoms with van der Waals surface area (Å²) in [5.41, 5.74) is 2.73. The molecule has 2 aromatic rings. The lowest BCUT2D eigenvalue weighted by molar-refractivity contribution is -0.00527. The van der Waals surface area contributed by atoms with Crippen LogP contribution in [0.5, 0.6) is 0 Å². The molecule has 1 heterocycles. The highest BCUT2D eigenvalue weighted by molar-refractivity contribution is 7.15. The van der Waals surface area contributed by atoms with E-state index in [0.29, 0.717) is 11.8 Å². The molecule has 0 atom stereocenters. The molecule has 1 aromatic heterocycles. The Balaban J connectivity index is 1.44. The molecule has 122 valence electrons. The summed E-state index contributed by atoms with van der Waals surface area (Å²) in [6.45, 7) is 0. The van der Waals surface area contributed by atoms with E-state index in [1.165, 1.54) is 54.0 Å². The fourth-order valence-electron chi connectivity index (χ4n) is 5.90. The van der Waals surface area contributed by atoms with Gasteiger partial charge in [-0.3, -0.25) is 0 Å². The molecule has 4 fully saturated rings. The number of thiazole rings is 1. The summed E-state index contributed by atoms with van der Waals surface area (Å²) in [5.74, 6) is 2.90. The van der Waals surface area contributed by atoms with Crippen molar-refractivity contribution in [3.8, 4) is 16.5 Å². The van der Waals surface area contributed by atoms with Gasteiger partial charge in [0.2, 0.25) is 0 Å². The third-order valence-electron chi connectivity index (χ3n) is 6.52. The van der Waals surface area contributed by atoms with Gasteiger partial charge in [-0.2, -0.15) is 5.26 Å². The second-order valence-corrected chi connectivity index (χ2v) is 9.29. The molecular weight excluding hydrogens is 312 g/mol. The second kappa shape index (κ2) is 5.43. The molecule has 0 amide bonds. The number of rotatable bonds is 3. The Hall–Kier alpha value is -1.66. The van der Waals surface area contributed by atoms with E-state index in [1.807, 2.05) is 11.3 Å². The van der Waals surface area contributed by atoms with Crippen LogP contribution in [0.3, 0.4) is 0 Å². The molecule has 3 heteroatoms. The van der Waals surface area contributed by atoms with E-state index in [0.717, 1.165) is 23.3 Å². The lowest BCUT2D eigenvalue weighted by Crippen LogP contribution is -2.48. The highest BCUT2D eigenvalue weighted by Crippen LogP contribution is 2.61. The number of nitriles is 1. The van der Waals surface area contributed by atoms with Gasteiger partial charge in [-0.15, -0.1) is 11.3 Å². The minimum Gasteiger partial charge on any atom is -0.248 e. The predicted octanol–water partition coefficient (Wildman–Crippen LogP) is 5.34. The number of benzene rings is 1. The molecule has 0 spiro atoms. The van der Waals surface area contributed by atoms with Gasteiger partial charge in [0.1, 0.15) is 0 Å². The second-order valence-electron chi connectivity index (χ2n) is 8.26. The summed E-state index contributed by atoms with van der Waals surface area (Å²) in [4.78, 5) is 6.19. The number of nitrogens with zero attached hydrogens (tertiary/aromatic N) is 2. The first-order chi connectivity index (χ1) is 11.7. The van der Waals surface area contributed by atoms with Gasteiger partial charge in [-0.05, 0) is 67.4 Å². The lowest BCUT2D eigenvalue weighted by atomic mass is 9.50. The van der Waals surface area contributed by atoms with E-state index in [9.17, 15) is 0 Å². The minimum atomic E-state index is 0.401. The van der Waals surface area contributed by atoms with Crippen molar-refractivity contribution in [3.05, 3.63) is 41.0 Å². The number of hydrogen-bond acceptors (Lipinski definition) is 3. The molecule has 4 bridgehead atoms. The highest BCUT2D eigenvalue weighted by Gasteiger charge is 2.52. The lowest BCUT2D eigenvalue weighted by Gasteiger charge is -2.56. The molecule has 1 aromatic carbocycles. The molecule has 0 aliphatic heterocycles. The zero-order valence-corrected chi connectivity index (χ0v) is 14.7. The predicted molar refractivity (Wildman–Crippen MR) is 96.7 cm³/mol. The van der Waals surface area contributed by atoms with Gasteiger partial charge in [-0.1, -0.05) is 24.3 Å². The molecule has 0 saturated heterocycles. The Morgan fingerprint density at radius 1 is 1.04 bits per heavy atom. The van der Waals surface area contributed by atoms with E-state index in [-0.39, 0.29) is 0 Å². The maximum absolute atomic E-state index is 8.80. The van der Waals surface area contributed by atoms with Crippen LogP contribution in [0.2, 0.25) is 0 Å². The SMILES string of the molecule is N#CCc1ccc(-c2cnc(C34CC5CC(CC(C5)C3)C4)s2)cc1. The van der Waals surface area contributed by atoms with Crippen LogP contribution in [0.4, 0.5) is 0 Å². The van der Waals surface area contributed by atoms with Gasteiger partial charge in [-0.25, -0.2) is 4.98 Å². The third kappa shape index (κ3) is 2.31.